The van der Waals surface area contributed by atoms with E-state index in [1.165, 1.54) is 13.2 Å². The second kappa shape index (κ2) is 7.35. The third-order valence-corrected chi connectivity index (χ3v) is 5.16. The van der Waals surface area contributed by atoms with Crippen molar-refractivity contribution < 1.29 is 18.3 Å². The maximum absolute atomic E-state index is 12.3. The van der Waals surface area contributed by atoms with E-state index in [1.54, 1.807) is 12.1 Å². The van der Waals surface area contributed by atoms with Crippen LogP contribution >= 0.6 is 15.9 Å². The highest BCUT2D eigenvalue weighted by Crippen LogP contribution is 2.23. The Morgan fingerprint density at radius 2 is 2.16 bits per heavy atom. The summed E-state index contributed by atoms with van der Waals surface area (Å²) in [6, 6.07) is 4.44. The quantitative estimate of drug-likeness (QED) is 0.782. The van der Waals surface area contributed by atoms with Crippen LogP contribution in [0.5, 0.6) is 0 Å². The highest BCUT2D eigenvalue weighted by atomic mass is 79.9. The molecule has 0 aliphatic heterocycles. The number of rotatable bonds is 7. The molecule has 1 rings (SSSR count). The van der Waals surface area contributed by atoms with E-state index in [1.807, 2.05) is 6.92 Å². The van der Waals surface area contributed by atoms with Crippen LogP contribution in [0.25, 0.3) is 0 Å². The summed E-state index contributed by atoms with van der Waals surface area (Å²) < 4.78 is 32.6. The fourth-order valence-electron chi connectivity index (χ4n) is 1.57. The maximum Gasteiger partial charge on any atom is 0.242 e. The molecule has 2 N–H and O–H groups in total. The zero-order chi connectivity index (χ0) is 14.5. The van der Waals surface area contributed by atoms with Crippen molar-refractivity contribution >= 4 is 26.0 Å². The topological polar surface area (TPSA) is 75.6 Å². The fourth-order valence-corrected chi connectivity index (χ4v) is 3.89. The van der Waals surface area contributed by atoms with Crippen molar-refractivity contribution in [2.24, 2.45) is 0 Å². The predicted molar refractivity (Wildman–Crippen MR) is 76.3 cm³/mol. The summed E-state index contributed by atoms with van der Waals surface area (Å²) in [5, 5.41) is 9.08. The number of nitrogens with one attached hydrogen (secondary N) is 1. The van der Waals surface area contributed by atoms with Crippen LogP contribution in [0.15, 0.2) is 27.6 Å². The SMILES string of the molecule is CCC(COC)NS(=O)(=O)c1cc(CO)ccc1Br. The van der Waals surface area contributed by atoms with Crippen LogP contribution in [-0.4, -0.2) is 33.3 Å². The summed E-state index contributed by atoms with van der Waals surface area (Å²) >= 11 is 3.21. The van der Waals surface area contributed by atoms with Gasteiger partial charge in [0.15, 0.2) is 0 Å². The standard InChI is InChI=1S/C12H18BrNO4S/c1-3-10(8-18-2)14-19(16,17)12-6-9(7-15)4-5-11(12)13/h4-6,10,14-15H,3,7-8H2,1-2H3. The van der Waals surface area contributed by atoms with Gasteiger partial charge in [0.05, 0.1) is 18.1 Å². The van der Waals surface area contributed by atoms with Gasteiger partial charge in [0, 0.05) is 17.6 Å². The highest BCUT2D eigenvalue weighted by Gasteiger charge is 2.21. The van der Waals surface area contributed by atoms with E-state index < -0.39 is 10.0 Å². The third kappa shape index (κ3) is 4.54. The van der Waals surface area contributed by atoms with Gasteiger partial charge in [-0.25, -0.2) is 13.1 Å². The highest BCUT2D eigenvalue weighted by molar-refractivity contribution is 9.10. The molecular formula is C12H18BrNO4S. The van der Waals surface area contributed by atoms with E-state index in [0.29, 0.717) is 23.1 Å². The van der Waals surface area contributed by atoms with Gasteiger partial charge in [-0.15, -0.1) is 0 Å². The number of sulfonamides is 1. The van der Waals surface area contributed by atoms with Crippen molar-refractivity contribution in [2.45, 2.75) is 30.9 Å². The first kappa shape index (κ1) is 16.6. The molecule has 1 atom stereocenters. The Kier molecular flexibility index (Phi) is 6.41. The first-order valence-electron chi connectivity index (χ1n) is 5.85. The van der Waals surface area contributed by atoms with E-state index in [9.17, 15) is 8.42 Å². The summed E-state index contributed by atoms with van der Waals surface area (Å²) in [7, 11) is -2.12. The van der Waals surface area contributed by atoms with Crippen LogP contribution in [0.3, 0.4) is 0 Å². The number of ether oxygens (including phenoxy) is 1. The third-order valence-electron chi connectivity index (χ3n) is 2.65. The Balaban J connectivity index is 3.05. The van der Waals surface area contributed by atoms with Gasteiger partial charge in [-0.2, -0.15) is 0 Å². The van der Waals surface area contributed by atoms with Gasteiger partial charge >= 0.3 is 0 Å². The summed E-state index contributed by atoms with van der Waals surface area (Å²) in [5.41, 5.74) is 0.545. The van der Waals surface area contributed by atoms with E-state index in [2.05, 4.69) is 20.7 Å². The summed E-state index contributed by atoms with van der Waals surface area (Å²) in [4.78, 5) is 0.119. The van der Waals surface area contributed by atoms with Gasteiger partial charge in [-0.3, -0.25) is 0 Å². The van der Waals surface area contributed by atoms with Crippen LogP contribution in [0.4, 0.5) is 0 Å². The maximum atomic E-state index is 12.3. The lowest BCUT2D eigenvalue weighted by atomic mass is 10.2. The van der Waals surface area contributed by atoms with Crippen molar-refractivity contribution in [3.8, 4) is 0 Å². The molecule has 0 aliphatic carbocycles. The number of methoxy groups -OCH3 is 1. The van der Waals surface area contributed by atoms with Crippen molar-refractivity contribution in [3.05, 3.63) is 28.2 Å². The summed E-state index contributed by atoms with van der Waals surface area (Å²) in [6.07, 6.45) is 0.629. The fraction of sp³-hybridized carbons (Fsp3) is 0.500. The molecule has 7 heteroatoms. The first-order valence-corrected chi connectivity index (χ1v) is 8.12. The van der Waals surface area contributed by atoms with Gasteiger partial charge in [0.25, 0.3) is 0 Å². The Hall–Kier alpha value is -0.470. The van der Waals surface area contributed by atoms with Crippen LogP contribution in [0.2, 0.25) is 0 Å². The van der Waals surface area contributed by atoms with E-state index >= 15 is 0 Å². The number of aliphatic hydroxyl groups excluding tert-OH is 1. The zero-order valence-corrected chi connectivity index (χ0v) is 13.3. The number of benzene rings is 1. The van der Waals surface area contributed by atoms with Crippen LogP contribution in [0, 0.1) is 0 Å². The number of aliphatic hydroxyl groups is 1. The smallest absolute Gasteiger partial charge is 0.242 e. The Bertz CT molecular complexity index is 518. The molecule has 1 aromatic rings. The van der Waals surface area contributed by atoms with Gasteiger partial charge in [0.2, 0.25) is 10.0 Å². The monoisotopic (exact) mass is 351 g/mol. The lowest BCUT2D eigenvalue weighted by Crippen LogP contribution is -2.37. The van der Waals surface area contributed by atoms with Crippen molar-refractivity contribution in [3.63, 3.8) is 0 Å². The molecule has 108 valence electrons. The lowest BCUT2D eigenvalue weighted by molar-refractivity contribution is 0.173. The van der Waals surface area contributed by atoms with Crippen molar-refractivity contribution in [1.82, 2.24) is 4.72 Å². The summed E-state index contributed by atoms with van der Waals surface area (Å²) in [6.45, 7) is 1.99. The zero-order valence-electron chi connectivity index (χ0n) is 10.9. The summed E-state index contributed by atoms with van der Waals surface area (Å²) in [5.74, 6) is 0. The molecule has 0 heterocycles. The Morgan fingerprint density at radius 3 is 2.68 bits per heavy atom. The molecule has 0 fully saturated rings. The number of halogens is 1. The number of hydrogen-bond acceptors (Lipinski definition) is 4. The van der Waals surface area contributed by atoms with E-state index in [-0.39, 0.29) is 17.5 Å². The second-order valence-corrected chi connectivity index (χ2v) is 6.64. The molecule has 19 heavy (non-hydrogen) atoms. The number of hydrogen-bond donors (Lipinski definition) is 2. The molecule has 0 bridgehead atoms. The Morgan fingerprint density at radius 1 is 1.47 bits per heavy atom. The predicted octanol–water partition coefficient (Wildman–Crippen LogP) is 1.64. The molecule has 0 saturated heterocycles. The van der Waals surface area contributed by atoms with E-state index in [4.69, 9.17) is 9.84 Å². The van der Waals surface area contributed by atoms with Crippen LogP contribution < -0.4 is 4.72 Å². The lowest BCUT2D eigenvalue weighted by Gasteiger charge is -2.17. The minimum Gasteiger partial charge on any atom is -0.392 e. The molecule has 0 aromatic heterocycles. The first-order chi connectivity index (χ1) is 8.94. The molecule has 0 radical (unpaired) electrons. The van der Waals surface area contributed by atoms with Crippen molar-refractivity contribution in [1.29, 1.82) is 0 Å². The molecule has 0 spiro atoms. The Labute approximate surface area is 122 Å². The van der Waals surface area contributed by atoms with Gasteiger partial charge in [-0.1, -0.05) is 13.0 Å². The molecule has 0 saturated carbocycles. The average molecular weight is 352 g/mol. The molecule has 1 unspecified atom stereocenters. The average Bonchev–Trinajstić information content (AvgIpc) is 2.38. The molecule has 1 aromatic carbocycles. The molecular weight excluding hydrogens is 334 g/mol. The molecule has 5 nitrogen and oxygen atoms in total. The van der Waals surface area contributed by atoms with Crippen molar-refractivity contribution in [2.75, 3.05) is 13.7 Å². The van der Waals surface area contributed by atoms with Gasteiger partial charge in [0.1, 0.15) is 0 Å². The molecule has 0 aliphatic rings. The minimum atomic E-state index is -3.65. The van der Waals surface area contributed by atoms with Gasteiger partial charge < -0.3 is 9.84 Å². The minimum absolute atomic E-state index is 0.119. The second-order valence-electron chi connectivity index (χ2n) is 4.10. The molecule has 0 amide bonds. The van der Waals surface area contributed by atoms with Crippen LogP contribution in [-0.2, 0) is 21.4 Å². The van der Waals surface area contributed by atoms with E-state index in [0.717, 1.165) is 0 Å². The van der Waals surface area contributed by atoms with Crippen LogP contribution in [0.1, 0.15) is 18.9 Å². The largest absolute Gasteiger partial charge is 0.392 e. The van der Waals surface area contributed by atoms with Gasteiger partial charge in [-0.05, 0) is 40.0 Å². The normalized spacial score (nSPS) is 13.5.